The Hall–Kier alpha value is -0.603. The smallest absolute Gasteiger partial charge is 0.0691 e. The third-order valence-corrected chi connectivity index (χ3v) is 5.22. The van der Waals surface area contributed by atoms with E-state index in [1.54, 1.807) is 11.1 Å². The lowest BCUT2D eigenvalue weighted by Crippen LogP contribution is -2.44. The molecule has 14 heavy (non-hydrogen) atoms. The molecule has 0 radical (unpaired) electrons. The van der Waals surface area contributed by atoms with E-state index in [9.17, 15) is 0 Å². The van der Waals surface area contributed by atoms with E-state index in [-0.39, 0.29) is 0 Å². The zero-order chi connectivity index (χ0) is 10.2. The van der Waals surface area contributed by atoms with Gasteiger partial charge in [-0.15, -0.1) is 0 Å². The number of hydrogen-bond donors (Lipinski definition) is 1. The van der Waals surface area contributed by atoms with Crippen molar-refractivity contribution in [2.75, 3.05) is 6.54 Å². The van der Waals surface area contributed by atoms with E-state index >= 15 is 0 Å². The van der Waals surface area contributed by atoms with Crippen molar-refractivity contribution in [1.82, 2.24) is 5.32 Å². The molecular weight excluding hydrogens is 186 g/mol. The lowest BCUT2D eigenvalue weighted by atomic mass is 10.0. The minimum absolute atomic E-state index is 0.646. The first-order valence-electron chi connectivity index (χ1n) is 5.40. The van der Waals surface area contributed by atoms with Gasteiger partial charge in [0.1, 0.15) is 0 Å². The van der Waals surface area contributed by atoms with E-state index in [4.69, 9.17) is 0 Å². The molecule has 1 nitrogen and oxygen atoms in total. The number of rotatable bonds is 1. The fraction of sp³-hybridized carbons (Fsp3) is 0.500. The van der Waals surface area contributed by atoms with Crippen LogP contribution in [0.3, 0.4) is 0 Å². The summed E-state index contributed by atoms with van der Waals surface area (Å²) < 4.78 is 0. The molecule has 0 spiro atoms. The van der Waals surface area contributed by atoms with Crippen LogP contribution in [0.4, 0.5) is 0 Å². The molecule has 0 aromatic heterocycles. The van der Waals surface area contributed by atoms with Gasteiger partial charge < -0.3 is 5.32 Å². The van der Waals surface area contributed by atoms with E-state index in [1.165, 1.54) is 6.42 Å². The van der Waals surface area contributed by atoms with Crippen LogP contribution in [0.15, 0.2) is 24.3 Å². The molecular formula is C12H19NSi. The zero-order valence-corrected chi connectivity index (χ0v) is 10.3. The van der Waals surface area contributed by atoms with Crippen molar-refractivity contribution in [1.29, 1.82) is 0 Å². The van der Waals surface area contributed by atoms with Gasteiger partial charge >= 0.3 is 0 Å². The quantitative estimate of drug-likeness (QED) is 0.695. The third kappa shape index (κ3) is 1.77. The molecule has 0 saturated heterocycles. The highest BCUT2D eigenvalue weighted by atomic mass is 28.3. The Balaban J connectivity index is 2.41. The fourth-order valence-corrected chi connectivity index (χ4v) is 4.25. The van der Waals surface area contributed by atoms with Crippen LogP contribution < -0.4 is 5.32 Å². The van der Waals surface area contributed by atoms with Gasteiger partial charge in [-0.2, -0.15) is 0 Å². The van der Waals surface area contributed by atoms with Gasteiger partial charge in [0.25, 0.3) is 0 Å². The molecule has 0 amide bonds. The first-order chi connectivity index (χ1) is 6.59. The summed E-state index contributed by atoms with van der Waals surface area (Å²) in [7, 11) is -1.12. The van der Waals surface area contributed by atoms with Gasteiger partial charge in [-0.25, -0.2) is 0 Å². The van der Waals surface area contributed by atoms with Gasteiger partial charge in [-0.3, -0.25) is 0 Å². The number of fused-ring (bicyclic) bond motifs is 1. The summed E-state index contributed by atoms with van der Waals surface area (Å²) in [6.45, 7) is 8.46. The fourth-order valence-electron chi connectivity index (χ4n) is 2.28. The molecule has 76 valence electrons. The average Bonchev–Trinajstić information content (AvgIpc) is 2.15. The van der Waals surface area contributed by atoms with Crippen molar-refractivity contribution in [2.45, 2.75) is 31.7 Å². The maximum absolute atomic E-state index is 3.68. The molecule has 2 rings (SSSR count). The molecule has 1 atom stereocenters. The van der Waals surface area contributed by atoms with E-state index in [0.717, 1.165) is 6.54 Å². The highest BCUT2D eigenvalue weighted by Gasteiger charge is 2.31. The highest BCUT2D eigenvalue weighted by Crippen LogP contribution is 2.29. The second kappa shape index (κ2) is 3.52. The van der Waals surface area contributed by atoms with Gasteiger partial charge in [0, 0.05) is 5.67 Å². The van der Waals surface area contributed by atoms with Gasteiger partial charge in [-0.05, 0) is 24.1 Å². The molecule has 1 heterocycles. The molecule has 1 aromatic rings. The summed E-state index contributed by atoms with van der Waals surface area (Å²) in [5.74, 6) is 0. The Bertz CT molecular complexity index is 327. The van der Waals surface area contributed by atoms with Crippen molar-refractivity contribution < 1.29 is 0 Å². The summed E-state index contributed by atoms with van der Waals surface area (Å²) >= 11 is 0. The maximum atomic E-state index is 3.68. The van der Waals surface area contributed by atoms with Crippen molar-refractivity contribution in [3.63, 3.8) is 0 Å². The molecule has 2 heteroatoms. The van der Waals surface area contributed by atoms with E-state index in [0.29, 0.717) is 5.67 Å². The predicted molar refractivity (Wildman–Crippen MR) is 64.2 cm³/mol. The SMILES string of the molecule is C[Si](C)(C)C1NCCc2ccccc21. The third-order valence-electron chi connectivity index (χ3n) is 2.97. The monoisotopic (exact) mass is 205 g/mol. The Labute approximate surface area is 87.5 Å². The highest BCUT2D eigenvalue weighted by molar-refractivity contribution is 6.77. The summed E-state index contributed by atoms with van der Waals surface area (Å²) in [5, 5.41) is 3.68. The average molecular weight is 205 g/mol. The summed E-state index contributed by atoms with van der Waals surface area (Å²) in [6, 6.07) is 8.90. The zero-order valence-electron chi connectivity index (χ0n) is 9.30. The van der Waals surface area contributed by atoms with Crippen LogP contribution in [0.25, 0.3) is 0 Å². The molecule has 1 aromatic carbocycles. The second-order valence-electron chi connectivity index (χ2n) is 5.20. The Morgan fingerprint density at radius 3 is 2.64 bits per heavy atom. The molecule has 1 unspecified atom stereocenters. The van der Waals surface area contributed by atoms with Gasteiger partial charge in [0.05, 0.1) is 8.07 Å². The van der Waals surface area contributed by atoms with Crippen LogP contribution in [-0.4, -0.2) is 14.6 Å². The van der Waals surface area contributed by atoms with Crippen LogP contribution in [0.2, 0.25) is 19.6 Å². The lowest BCUT2D eigenvalue weighted by molar-refractivity contribution is 0.605. The van der Waals surface area contributed by atoms with E-state index < -0.39 is 8.07 Å². The Morgan fingerprint density at radius 1 is 1.21 bits per heavy atom. The molecule has 0 saturated carbocycles. The van der Waals surface area contributed by atoms with Crippen LogP contribution >= 0.6 is 0 Å². The standard InChI is InChI=1S/C12H19NSi/c1-14(2,3)12-11-7-5-4-6-10(11)8-9-13-12/h4-7,12-13H,8-9H2,1-3H3. The van der Waals surface area contributed by atoms with E-state index in [1.807, 2.05) is 0 Å². The van der Waals surface area contributed by atoms with Crippen molar-refractivity contribution >= 4 is 8.07 Å². The molecule has 1 N–H and O–H groups in total. The van der Waals surface area contributed by atoms with Gasteiger partial charge in [-0.1, -0.05) is 43.9 Å². The first kappa shape index (κ1) is 9.93. The summed E-state index contributed by atoms with van der Waals surface area (Å²) in [6.07, 6.45) is 1.19. The molecule has 1 aliphatic heterocycles. The number of benzene rings is 1. The Morgan fingerprint density at radius 2 is 1.93 bits per heavy atom. The molecule has 1 aliphatic rings. The molecule has 0 aliphatic carbocycles. The van der Waals surface area contributed by atoms with Crippen LogP contribution in [0.5, 0.6) is 0 Å². The van der Waals surface area contributed by atoms with Gasteiger partial charge in [0.2, 0.25) is 0 Å². The first-order valence-corrected chi connectivity index (χ1v) is 8.98. The number of nitrogens with one attached hydrogen (secondary N) is 1. The number of hydrogen-bond acceptors (Lipinski definition) is 1. The second-order valence-corrected chi connectivity index (χ2v) is 10.5. The normalized spacial score (nSPS) is 21.8. The summed E-state index contributed by atoms with van der Waals surface area (Å²) in [5.41, 5.74) is 3.75. The predicted octanol–water partition coefficient (Wildman–Crippen LogP) is 2.75. The summed E-state index contributed by atoms with van der Waals surface area (Å²) in [4.78, 5) is 0. The Kier molecular flexibility index (Phi) is 2.50. The maximum Gasteiger partial charge on any atom is 0.0691 e. The lowest BCUT2D eigenvalue weighted by Gasteiger charge is -2.35. The van der Waals surface area contributed by atoms with Crippen LogP contribution in [-0.2, 0) is 6.42 Å². The van der Waals surface area contributed by atoms with Crippen molar-refractivity contribution in [3.8, 4) is 0 Å². The van der Waals surface area contributed by atoms with Crippen molar-refractivity contribution in [3.05, 3.63) is 35.4 Å². The molecule has 0 fully saturated rings. The minimum Gasteiger partial charge on any atom is -0.312 e. The van der Waals surface area contributed by atoms with Gasteiger partial charge in [0.15, 0.2) is 0 Å². The molecule has 0 bridgehead atoms. The van der Waals surface area contributed by atoms with E-state index in [2.05, 4.69) is 49.2 Å². The topological polar surface area (TPSA) is 12.0 Å². The van der Waals surface area contributed by atoms with Crippen LogP contribution in [0.1, 0.15) is 16.8 Å². The largest absolute Gasteiger partial charge is 0.312 e. The van der Waals surface area contributed by atoms with Crippen LogP contribution in [0, 0.1) is 0 Å². The minimum atomic E-state index is -1.12. The van der Waals surface area contributed by atoms with Crippen molar-refractivity contribution in [2.24, 2.45) is 0 Å².